The molecule has 14 heavy (non-hydrogen) atoms. The maximum atomic E-state index is 5.70. The highest BCUT2D eigenvalue weighted by atomic mass is 15.2. The zero-order valence-corrected chi connectivity index (χ0v) is 9.81. The quantitative estimate of drug-likeness (QED) is 0.508. The van der Waals surface area contributed by atoms with Gasteiger partial charge >= 0.3 is 0 Å². The van der Waals surface area contributed by atoms with Gasteiger partial charge in [0.1, 0.15) is 0 Å². The number of nitrogens with one attached hydrogen (secondary N) is 1. The first-order valence-corrected chi connectivity index (χ1v) is 6.25. The van der Waals surface area contributed by atoms with Crippen molar-refractivity contribution >= 4 is 0 Å². The van der Waals surface area contributed by atoms with Crippen LogP contribution in [0.1, 0.15) is 65.2 Å². The molecule has 0 aliphatic heterocycles. The van der Waals surface area contributed by atoms with Gasteiger partial charge in [0.15, 0.2) is 0 Å². The van der Waals surface area contributed by atoms with Crippen molar-refractivity contribution in [3.63, 3.8) is 0 Å². The second-order valence-electron chi connectivity index (χ2n) is 4.78. The van der Waals surface area contributed by atoms with Gasteiger partial charge in [-0.05, 0) is 31.1 Å². The van der Waals surface area contributed by atoms with Gasteiger partial charge in [0.2, 0.25) is 0 Å². The van der Waals surface area contributed by atoms with Gasteiger partial charge in [0, 0.05) is 6.04 Å². The zero-order valence-electron chi connectivity index (χ0n) is 9.81. The fraction of sp³-hybridized carbons (Fsp3) is 1.00. The molecule has 1 aliphatic carbocycles. The van der Waals surface area contributed by atoms with E-state index in [1.54, 1.807) is 0 Å². The average Bonchev–Trinajstić information content (AvgIpc) is 2.69. The van der Waals surface area contributed by atoms with Gasteiger partial charge in [0.25, 0.3) is 0 Å². The molecule has 0 aromatic heterocycles. The van der Waals surface area contributed by atoms with Crippen LogP contribution >= 0.6 is 0 Å². The standard InChI is InChI=1S/C12H26N2/c1-3-5-8-11(14-13)12(4-2)9-6-7-10-12/h11,14H,3-10,13H2,1-2H3. The maximum absolute atomic E-state index is 5.70. The Balaban J connectivity index is 2.54. The molecule has 3 N–H and O–H groups in total. The molecular weight excluding hydrogens is 172 g/mol. The summed E-state index contributed by atoms with van der Waals surface area (Å²) in [4.78, 5) is 0. The summed E-state index contributed by atoms with van der Waals surface area (Å²) in [6.45, 7) is 4.57. The monoisotopic (exact) mass is 198 g/mol. The Hall–Kier alpha value is -0.0800. The summed E-state index contributed by atoms with van der Waals surface area (Å²) in [5, 5.41) is 0. The first kappa shape index (κ1) is 12.0. The predicted octanol–water partition coefficient (Wildman–Crippen LogP) is 2.98. The molecule has 0 saturated heterocycles. The summed E-state index contributed by atoms with van der Waals surface area (Å²) in [5.41, 5.74) is 3.59. The number of hydrogen-bond acceptors (Lipinski definition) is 2. The maximum Gasteiger partial charge on any atom is 0.0266 e. The molecule has 1 unspecified atom stereocenters. The van der Waals surface area contributed by atoms with Crippen molar-refractivity contribution in [3.8, 4) is 0 Å². The second kappa shape index (κ2) is 5.72. The minimum Gasteiger partial charge on any atom is -0.271 e. The molecule has 0 aromatic rings. The SMILES string of the molecule is CCCCC(NN)C1(CC)CCCC1. The van der Waals surface area contributed by atoms with Crippen LogP contribution in [0.5, 0.6) is 0 Å². The van der Waals surface area contributed by atoms with E-state index in [1.165, 1.54) is 51.4 Å². The molecule has 2 heteroatoms. The third-order valence-corrected chi connectivity index (χ3v) is 4.09. The topological polar surface area (TPSA) is 38.0 Å². The lowest BCUT2D eigenvalue weighted by molar-refractivity contribution is 0.175. The van der Waals surface area contributed by atoms with Crippen molar-refractivity contribution in [2.75, 3.05) is 0 Å². The normalized spacial score (nSPS) is 22.5. The Kier molecular flexibility index (Phi) is 4.90. The van der Waals surface area contributed by atoms with E-state index in [1.807, 2.05) is 0 Å². The van der Waals surface area contributed by atoms with Gasteiger partial charge in [-0.25, -0.2) is 0 Å². The van der Waals surface area contributed by atoms with E-state index in [9.17, 15) is 0 Å². The smallest absolute Gasteiger partial charge is 0.0266 e. The summed E-state index contributed by atoms with van der Waals surface area (Å²) >= 11 is 0. The molecule has 0 heterocycles. The first-order chi connectivity index (χ1) is 6.79. The van der Waals surface area contributed by atoms with Crippen LogP contribution < -0.4 is 11.3 Å². The van der Waals surface area contributed by atoms with Crippen molar-refractivity contribution in [2.45, 2.75) is 71.3 Å². The third-order valence-electron chi connectivity index (χ3n) is 4.09. The van der Waals surface area contributed by atoms with E-state index in [0.29, 0.717) is 11.5 Å². The Morgan fingerprint density at radius 2 is 1.93 bits per heavy atom. The minimum atomic E-state index is 0.518. The lowest BCUT2D eigenvalue weighted by Crippen LogP contribution is -2.47. The van der Waals surface area contributed by atoms with Gasteiger partial charge < -0.3 is 0 Å². The van der Waals surface area contributed by atoms with Crippen LogP contribution in [0.15, 0.2) is 0 Å². The lowest BCUT2D eigenvalue weighted by atomic mass is 9.74. The molecule has 0 aromatic carbocycles. The van der Waals surface area contributed by atoms with Crippen LogP contribution in [0, 0.1) is 5.41 Å². The van der Waals surface area contributed by atoms with Crippen LogP contribution in [0.25, 0.3) is 0 Å². The van der Waals surface area contributed by atoms with Crippen molar-refractivity contribution < 1.29 is 0 Å². The highest BCUT2D eigenvalue weighted by molar-refractivity contribution is 4.92. The van der Waals surface area contributed by atoms with Crippen LogP contribution in [0.3, 0.4) is 0 Å². The molecule has 1 saturated carbocycles. The molecule has 0 radical (unpaired) electrons. The molecule has 0 amide bonds. The molecule has 1 rings (SSSR count). The molecule has 0 bridgehead atoms. The van der Waals surface area contributed by atoms with E-state index in [-0.39, 0.29) is 0 Å². The van der Waals surface area contributed by atoms with Crippen LogP contribution in [-0.4, -0.2) is 6.04 Å². The lowest BCUT2D eigenvalue weighted by Gasteiger charge is -2.36. The molecule has 1 atom stereocenters. The molecule has 1 aliphatic rings. The van der Waals surface area contributed by atoms with Crippen molar-refractivity contribution in [1.82, 2.24) is 5.43 Å². The van der Waals surface area contributed by atoms with Gasteiger partial charge in [0.05, 0.1) is 0 Å². The highest BCUT2D eigenvalue weighted by Gasteiger charge is 2.38. The summed E-state index contributed by atoms with van der Waals surface area (Å²) in [6, 6.07) is 0.551. The Labute approximate surface area is 88.6 Å². The van der Waals surface area contributed by atoms with Crippen molar-refractivity contribution in [1.29, 1.82) is 0 Å². The van der Waals surface area contributed by atoms with Crippen molar-refractivity contribution in [3.05, 3.63) is 0 Å². The van der Waals surface area contributed by atoms with E-state index in [2.05, 4.69) is 19.3 Å². The average molecular weight is 198 g/mol. The number of hydrogen-bond donors (Lipinski definition) is 2. The van der Waals surface area contributed by atoms with Gasteiger partial charge in [-0.2, -0.15) is 0 Å². The number of nitrogens with two attached hydrogens (primary N) is 1. The molecule has 84 valence electrons. The Morgan fingerprint density at radius 1 is 1.29 bits per heavy atom. The second-order valence-corrected chi connectivity index (χ2v) is 4.78. The van der Waals surface area contributed by atoms with Crippen molar-refractivity contribution in [2.24, 2.45) is 11.3 Å². The number of rotatable bonds is 6. The number of hydrazine groups is 1. The van der Waals surface area contributed by atoms with E-state index in [4.69, 9.17) is 5.84 Å². The zero-order chi connectivity index (χ0) is 10.4. The molecule has 0 spiro atoms. The third kappa shape index (κ3) is 2.48. The Bertz CT molecular complexity index is 150. The number of unbranched alkanes of at least 4 members (excludes halogenated alkanes) is 1. The summed E-state index contributed by atoms with van der Waals surface area (Å²) < 4.78 is 0. The highest BCUT2D eigenvalue weighted by Crippen LogP contribution is 2.44. The van der Waals surface area contributed by atoms with Crippen LogP contribution in [0.2, 0.25) is 0 Å². The Morgan fingerprint density at radius 3 is 2.36 bits per heavy atom. The summed E-state index contributed by atoms with van der Waals surface area (Å²) in [5.74, 6) is 5.70. The van der Waals surface area contributed by atoms with Gasteiger partial charge in [-0.1, -0.05) is 39.5 Å². The fourth-order valence-electron chi connectivity index (χ4n) is 3.00. The van der Waals surface area contributed by atoms with Gasteiger partial charge in [-0.3, -0.25) is 11.3 Å². The first-order valence-electron chi connectivity index (χ1n) is 6.25. The van der Waals surface area contributed by atoms with E-state index >= 15 is 0 Å². The fourth-order valence-corrected chi connectivity index (χ4v) is 3.00. The van der Waals surface area contributed by atoms with E-state index in [0.717, 1.165) is 0 Å². The van der Waals surface area contributed by atoms with Gasteiger partial charge in [-0.15, -0.1) is 0 Å². The van der Waals surface area contributed by atoms with Crippen LogP contribution in [-0.2, 0) is 0 Å². The minimum absolute atomic E-state index is 0.518. The predicted molar refractivity (Wildman–Crippen MR) is 61.8 cm³/mol. The molecule has 2 nitrogen and oxygen atoms in total. The van der Waals surface area contributed by atoms with Crippen LogP contribution in [0.4, 0.5) is 0 Å². The summed E-state index contributed by atoms with van der Waals surface area (Å²) in [7, 11) is 0. The molecular formula is C12H26N2. The molecule has 1 fully saturated rings. The van der Waals surface area contributed by atoms with E-state index < -0.39 is 0 Å². The summed E-state index contributed by atoms with van der Waals surface area (Å²) in [6.07, 6.45) is 10.7. The largest absolute Gasteiger partial charge is 0.271 e.